The SMILES string of the molecule is COc1cc(-c2cnc3cc(OCCC4CCN(CCO)C4)ccn23)cc(OC(F)F)c1C(=O)NC1CC1. The molecule has 0 spiro atoms. The van der Waals surface area contributed by atoms with E-state index in [9.17, 15) is 13.6 Å². The highest BCUT2D eigenvalue weighted by Crippen LogP contribution is 2.37. The van der Waals surface area contributed by atoms with E-state index in [2.05, 4.69) is 15.2 Å². The number of aliphatic hydroxyl groups is 1. The van der Waals surface area contributed by atoms with E-state index in [-0.39, 0.29) is 29.7 Å². The highest BCUT2D eigenvalue weighted by molar-refractivity contribution is 6.01. The molecule has 1 aromatic carbocycles. The van der Waals surface area contributed by atoms with Gasteiger partial charge in [-0.25, -0.2) is 4.98 Å². The van der Waals surface area contributed by atoms with Crippen LogP contribution in [0.2, 0.25) is 0 Å². The molecular weight excluding hydrogens is 498 g/mol. The molecule has 3 aromatic rings. The van der Waals surface area contributed by atoms with Gasteiger partial charge in [0.1, 0.15) is 28.5 Å². The summed E-state index contributed by atoms with van der Waals surface area (Å²) in [4.78, 5) is 19.5. The zero-order valence-electron chi connectivity index (χ0n) is 21.2. The number of alkyl halides is 2. The number of aromatic nitrogens is 2. The first-order chi connectivity index (χ1) is 18.4. The number of likely N-dealkylation sites (tertiary alicyclic amines) is 1. The minimum Gasteiger partial charge on any atom is -0.496 e. The van der Waals surface area contributed by atoms with E-state index < -0.39 is 12.5 Å². The number of amides is 1. The maximum absolute atomic E-state index is 13.3. The van der Waals surface area contributed by atoms with Crippen LogP contribution in [0.3, 0.4) is 0 Å². The molecule has 0 bridgehead atoms. The zero-order valence-corrected chi connectivity index (χ0v) is 21.2. The number of methoxy groups -OCH3 is 1. The molecule has 9 nitrogen and oxygen atoms in total. The average molecular weight is 531 g/mol. The maximum Gasteiger partial charge on any atom is 0.387 e. The monoisotopic (exact) mass is 530 g/mol. The topological polar surface area (TPSA) is 97.6 Å². The van der Waals surface area contributed by atoms with Gasteiger partial charge in [0.15, 0.2) is 0 Å². The van der Waals surface area contributed by atoms with E-state index >= 15 is 0 Å². The van der Waals surface area contributed by atoms with E-state index in [0.717, 1.165) is 38.8 Å². The largest absolute Gasteiger partial charge is 0.496 e. The second-order valence-corrected chi connectivity index (χ2v) is 9.73. The smallest absolute Gasteiger partial charge is 0.387 e. The third-order valence-corrected chi connectivity index (χ3v) is 7.00. The molecule has 1 saturated heterocycles. The van der Waals surface area contributed by atoms with E-state index in [1.54, 1.807) is 18.5 Å². The Morgan fingerprint density at radius 2 is 2.05 bits per heavy atom. The second-order valence-electron chi connectivity index (χ2n) is 9.73. The van der Waals surface area contributed by atoms with Crippen molar-refractivity contribution in [1.82, 2.24) is 19.6 Å². The van der Waals surface area contributed by atoms with Gasteiger partial charge < -0.3 is 29.5 Å². The number of aliphatic hydroxyl groups excluding tert-OH is 1. The van der Waals surface area contributed by atoms with Crippen LogP contribution in [0.15, 0.2) is 36.7 Å². The predicted molar refractivity (Wildman–Crippen MR) is 136 cm³/mol. The Labute approximate surface area is 219 Å². The number of ether oxygens (including phenoxy) is 3. The van der Waals surface area contributed by atoms with E-state index in [1.165, 1.54) is 13.2 Å². The van der Waals surface area contributed by atoms with Crippen LogP contribution >= 0.6 is 0 Å². The van der Waals surface area contributed by atoms with Gasteiger partial charge in [-0.1, -0.05) is 0 Å². The van der Waals surface area contributed by atoms with Gasteiger partial charge in [-0.3, -0.25) is 9.20 Å². The van der Waals surface area contributed by atoms with Crippen molar-refractivity contribution in [3.8, 4) is 28.5 Å². The minimum atomic E-state index is -3.11. The van der Waals surface area contributed by atoms with Gasteiger partial charge in [0.2, 0.25) is 0 Å². The summed E-state index contributed by atoms with van der Waals surface area (Å²) in [5, 5.41) is 11.9. The predicted octanol–water partition coefficient (Wildman–Crippen LogP) is 3.59. The van der Waals surface area contributed by atoms with Gasteiger partial charge in [-0.2, -0.15) is 8.78 Å². The molecule has 2 aliphatic rings. The van der Waals surface area contributed by atoms with Crippen LogP contribution in [0.25, 0.3) is 16.9 Å². The highest BCUT2D eigenvalue weighted by atomic mass is 19.3. The Morgan fingerprint density at radius 1 is 1.24 bits per heavy atom. The molecule has 3 heterocycles. The molecule has 1 atom stereocenters. The van der Waals surface area contributed by atoms with Crippen LogP contribution in [-0.4, -0.2) is 77.9 Å². The summed E-state index contributed by atoms with van der Waals surface area (Å²) in [5.41, 5.74) is 1.69. The van der Waals surface area contributed by atoms with Gasteiger partial charge >= 0.3 is 6.61 Å². The fourth-order valence-electron chi connectivity index (χ4n) is 4.90. The molecule has 11 heteroatoms. The lowest BCUT2D eigenvalue weighted by atomic mass is 10.1. The maximum atomic E-state index is 13.3. The summed E-state index contributed by atoms with van der Waals surface area (Å²) in [6, 6.07) is 6.72. The summed E-state index contributed by atoms with van der Waals surface area (Å²) in [5.74, 6) is 0.608. The molecule has 0 radical (unpaired) electrons. The number of halogens is 2. The van der Waals surface area contributed by atoms with Gasteiger partial charge in [-0.05, 0) is 56.3 Å². The van der Waals surface area contributed by atoms with E-state index in [1.807, 2.05) is 16.5 Å². The molecular formula is C27H32F2N4O5. The zero-order chi connectivity index (χ0) is 26.6. The summed E-state index contributed by atoms with van der Waals surface area (Å²) in [6.45, 7) is 0.365. The standard InChI is InChI=1S/C27H32F2N4O5/c1-36-22-12-18(13-23(38-27(28)29)25(22)26(35)31-19-2-3-19)21-15-30-24-14-20(5-8-33(21)24)37-11-6-17-4-7-32(16-17)9-10-34/h5,8,12-15,17,19,27,34H,2-4,6-7,9-11,16H2,1H3,(H,31,35). The number of carbonyl (C=O) groups is 1. The summed E-state index contributed by atoms with van der Waals surface area (Å²) in [6.07, 6.45) is 7.18. The van der Waals surface area contributed by atoms with Crippen molar-refractivity contribution >= 4 is 11.6 Å². The first-order valence-electron chi connectivity index (χ1n) is 12.9. The Balaban J connectivity index is 1.34. The normalized spacial score (nSPS) is 17.8. The molecule has 1 unspecified atom stereocenters. The number of fused-ring (bicyclic) bond motifs is 1. The fraction of sp³-hybridized carbons (Fsp3) is 0.481. The van der Waals surface area contributed by atoms with Crippen LogP contribution in [0.5, 0.6) is 17.2 Å². The van der Waals surface area contributed by atoms with Crippen molar-refractivity contribution in [1.29, 1.82) is 0 Å². The lowest BCUT2D eigenvalue weighted by molar-refractivity contribution is -0.0502. The molecule has 2 aromatic heterocycles. The number of hydrogen-bond acceptors (Lipinski definition) is 7. The number of carbonyl (C=O) groups excluding carboxylic acids is 1. The molecule has 5 rings (SSSR count). The highest BCUT2D eigenvalue weighted by Gasteiger charge is 2.29. The lowest BCUT2D eigenvalue weighted by Gasteiger charge is -2.16. The molecule has 1 aliphatic carbocycles. The summed E-state index contributed by atoms with van der Waals surface area (Å²) >= 11 is 0. The molecule has 1 saturated carbocycles. The van der Waals surface area contributed by atoms with Gasteiger partial charge in [0, 0.05) is 37.0 Å². The van der Waals surface area contributed by atoms with Crippen LogP contribution < -0.4 is 19.5 Å². The molecule has 204 valence electrons. The average Bonchev–Trinajstić information content (AvgIpc) is 3.42. The van der Waals surface area contributed by atoms with Gasteiger partial charge in [-0.15, -0.1) is 0 Å². The van der Waals surface area contributed by atoms with Crippen LogP contribution in [0, 0.1) is 5.92 Å². The molecule has 1 amide bonds. The molecule has 1 aliphatic heterocycles. The Morgan fingerprint density at radius 3 is 2.79 bits per heavy atom. The Hall–Kier alpha value is -3.44. The molecule has 2 fully saturated rings. The van der Waals surface area contributed by atoms with Crippen molar-refractivity contribution in [2.75, 3.05) is 40.0 Å². The second kappa shape index (κ2) is 11.5. The number of rotatable bonds is 12. The number of nitrogens with zero attached hydrogens (tertiary/aromatic N) is 3. The number of benzene rings is 1. The first kappa shape index (κ1) is 26.2. The Bertz CT molecular complexity index is 1280. The van der Waals surface area contributed by atoms with Crippen LogP contribution in [-0.2, 0) is 0 Å². The number of pyridine rings is 1. The minimum absolute atomic E-state index is 0.0422. The molecule has 2 N–H and O–H groups in total. The number of β-amino-alcohol motifs (C(OH)–C–C–N with tert-alkyl or cyclic N) is 1. The fourth-order valence-corrected chi connectivity index (χ4v) is 4.90. The lowest BCUT2D eigenvalue weighted by Crippen LogP contribution is -2.26. The van der Waals surface area contributed by atoms with Crippen LogP contribution in [0.1, 0.15) is 36.0 Å². The van der Waals surface area contributed by atoms with Crippen molar-refractivity contribution in [3.63, 3.8) is 0 Å². The quantitative estimate of drug-likeness (QED) is 0.369. The number of imidazole rings is 1. The van der Waals surface area contributed by atoms with Gasteiger partial charge in [0.25, 0.3) is 5.91 Å². The molecule has 38 heavy (non-hydrogen) atoms. The Kier molecular flexibility index (Phi) is 7.94. The summed E-state index contributed by atoms with van der Waals surface area (Å²) < 4.78 is 44.5. The van der Waals surface area contributed by atoms with E-state index in [0.29, 0.717) is 41.7 Å². The number of hydrogen-bond donors (Lipinski definition) is 2. The van der Waals surface area contributed by atoms with Gasteiger partial charge in [0.05, 0.1) is 32.2 Å². The van der Waals surface area contributed by atoms with Crippen molar-refractivity contribution in [3.05, 3.63) is 42.2 Å². The first-order valence-corrected chi connectivity index (χ1v) is 12.9. The van der Waals surface area contributed by atoms with Crippen molar-refractivity contribution in [2.45, 2.75) is 38.3 Å². The number of nitrogens with one attached hydrogen (secondary N) is 1. The van der Waals surface area contributed by atoms with Crippen LogP contribution in [0.4, 0.5) is 8.78 Å². The van der Waals surface area contributed by atoms with Crippen molar-refractivity contribution in [2.24, 2.45) is 5.92 Å². The van der Waals surface area contributed by atoms with Crippen molar-refractivity contribution < 1.29 is 32.9 Å². The summed E-state index contributed by atoms with van der Waals surface area (Å²) in [7, 11) is 1.38. The third kappa shape index (κ3) is 5.99. The third-order valence-electron chi connectivity index (χ3n) is 7.00. The van der Waals surface area contributed by atoms with E-state index in [4.69, 9.17) is 19.3 Å².